The van der Waals surface area contributed by atoms with Gasteiger partial charge in [0, 0.05) is 18.0 Å². The highest BCUT2D eigenvalue weighted by molar-refractivity contribution is 6.29. The van der Waals surface area contributed by atoms with Crippen LogP contribution in [0.1, 0.15) is 5.69 Å². The van der Waals surface area contributed by atoms with Gasteiger partial charge in [0.1, 0.15) is 5.15 Å². The Hall–Kier alpha value is -1.94. The standard InChI is InChI=1S/C12H9ClN4/c1-8-12(9-4-6-14-7-5-9)15-11-3-2-10(13)16-17(8)11/h2-7H,1H3. The molecule has 0 fully saturated rings. The summed E-state index contributed by atoms with van der Waals surface area (Å²) in [6.07, 6.45) is 3.50. The zero-order chi connectivity index (χ0) is 11.8. The highest BCUT2D eigenvalue weighted by Crippen LogP contribution is 2.22. The van der Waals surface area contributed by atoms with Crippen molar-refractivity contribution >= 4 is 17.2 Å². The van der Waals surface area contributed by atoms with Gasteiger partial charge in [-0.3, -0.25) is 4.98 Å². The molecule has 5 heteroatoms. The average Bonchev–Trinajstić information content (AvgIpc) is 2.68. The number of pyridine rings is 1. The summed E-state index contributed by atoms with van der Waals surface area (Å²) in [6.45, 7) is 1.97. The van der Waals surface area contributed by atoms with E-state index >= 15 is 0 Å². The maximum absolute atomic E-state index is 5.88. The molecule has 3 rings (SSSR count). The Morgan fingerprint density at radius 3 is 2.65 bits per heavy atom. The molecule has 17 heavy (non-hydrogen) atoms. The van der Waals surface area contributed by atoms with Crippen LogP contribution in [0.3, 0.4) is 0 Å². The third-order valence-electron chi connectivity index (χ3n) is 2.62. The van der Waals surface area contributed by atoms with Crippen molar-refractivity contribution in [2.24, 2.45) is 0 Å². The molecule has 0 saturated heterocycles. The predicted octanol–water partition coefficient (Wildman–Crippen LogP) is 2.75. The third-order valence-corrected chi connectivity index (χ3v) is 2.82. The number of halogens is 1. The van der Waals surface area contributed by atoms with E-state index in [1.54, 1.807) is 23.0 Å². The van der Waals surface area contributed by atoms with Crippen LogP contribution in [0.25, 0.3) is 16.9 Å². The van der Waals surface area contributed by atoms with E-state index in [1.165, 1.54) is 0 Å². The predicted molar refractivity (Wildman–Crippen MR) is 66.0 cm³/mol. The van der Waals surface area contributed by atoms with E-state index in [2.05, 4.69) is 15.1 Å². The number of nitrogens with zero attached hydrogens (tertiary/aromatic N) is 4. The van der Waals surface area contributed by atoms with E-state index in [0.717, 1.165) is 22.6 Å². The first-order valence-electron chi connectivity index (χ1n) is 5.18. The fourth-order valence-corrected chi connectivity index (χ4v) is 1.94. The first kappa shape index (κ1) is 10.2. The van der Waals surface area contributed by atoms with Crippen LogP contribution in [-0.2, 0) is 0 Å². The topological polar surface area (TPSA) is 43.1 Å². The maximum atomic E-state index is 5.88. The highest BCUT2D eigenvalue weighted by atomic mass is 35.5. The van der Waals surface area contributed by atoms with Crippen LogP contribution in [0.2, 0.25) is 5.15 Å². The van der Waals surface area contributed by atoms with Crippen LogP contribution in [0, 0.1) is 6.92 Å². The van der Waals surface area contributed by atoms with Gasteiger partial charge in [-0.15, -0.1) is 0 Å². The van der Waals surface area contributed by atoms with Gasteiger partial charge in [0.2, 0.25) is 0 Å². The minimum atomic E-state index is 0.458. The lowest BCUT2D eigenvalue weighted by molar-refractivity contribution is 0.901. The summed E-state index contributed by atoms with van der Waals surface area (Å²) < 4.78 is 1.75. The Kier molecular flexibility index (Phi) is 2.30. The van der Waals surface area contributed by atoms with Crippen molar-refractivity contribution < 1.29 is 0 Å². The maximum Gasteiger partial charge on any atom is 0.154 e. The molecule has 3 aromatic rings. The molecule has 0 unspecified atom stereocenters. The Morgan fingerprint density at radius 2 is 1.88 bits per heavy atom. The quantitative estimate of drug-likeness (QED) is 0.661. The summed E-state index contributed by atoms with van der Waals surface area (Å²) >= 11 is 5.88. The molecule has 0 amide bonds. The summed E-state index contributed by atoms with van der Waals surface area (Å²) in [7, 11) is 0. The molecule has 0 bridgehead atoms. The first-order valence-corrected chi connectivity index (χ1v) is 5.56. The van der Waals surface area contributed by atoms with Crippen LogP contribution < -0.4 is 0 Å². The smallest absolute Gasteiger partial charge is 0.154 e. The van der Waals surface area contributed by atoms with Gasteiger partial charge in [-0.05, 0) is 31.2 Å². The molecule has 0 N–H and O–H groups in total. The van der Waals surface area contributed by atoms with Crippen molar-refractivity contribution in [3.8, 4) is 11.3 Å². The average molecular weight is 245 g/mol. The molecule has 0 aliphatic carbocycles. The van der Waals surface area contributed by atoms with Crippen molar-refractivity contribution in [2.45, 2.75) is 6.92 Å². The lowest BCUT2D eigenvalue weighted by Gasteiger charge is -1.97. The summed E-state index contributed by atoms with van der Waals surface area (Å²) in [6, 6.07) is 7.44. The lowest BCUT2D eigenvalue weighted by Crippen LogP contribution is -1.93. The minimum absolute atomic E-state index is 0.458. The van der Waals surface area contributed by atoms with Gasteiger partial charge in [0.25, 0.3) is 0 Å². The first-order chi connectivity index (χ1) is 8.25. The molecule has 0 radical (unpaired) electrons. The van der Waals surface area contributed by atoms with Crippen LogP contribution in [0.5, 0.6) is 0 Å². The summed E-state index contributed by atoms with van der Waals surface area (Å²) in [5, 5.41) is 4.68. The van der Waals surface area contributed by atoms with Crippen molar-refractivity contribution in [2.75, 3.05) is 0 Å². The largest absolute Gasteiger partial charge is 0.265 e. The molecule has 0 atom stereocenters. The van der Waals surface area contributed by atoms with E-state index in [4.69, 9.17) is 11.6 Å². The van der Waals surface area contributed by atoms with Gasteiger partial charge < -0.3 is 0 Å². The van der Waals surface area contributed by atoms with E-state index in [9.17, 15) is 0 Å². The molecular formula is C12H9ClN4. The molecule has 0 spiro atoms. The molecule has 3 aromatic heterocycles. The Labute approximate surface area is 103 Å². The Bertz CT molecular complexity index is 676. The number of rotatable bonds is 1. The number of aromatic nitrogens is 4. The van der Waals surface area contributed by atoms with Crippen LogP contribution in [-0.4, -0.2) is 19.6 Å². The van der Waals surface area contributed by atoms with E-state index < -0.39 is 0 Å². The zero-order valence-electron chi connectivity index (χ0n) is 9.13. The van der Waals surface area contributed by atoms with Gasteiger partial charge in [0.05, 0.1) is 11.4 Å². The van der Waals surface area contributed by atoms with Crippen molar-refractivity contribution in [3.63, 3.8) is 0 Å². The van der Waals surface area contributed by atoms with Gasteiger partial charge >= 0.3 is 0 Å². The SMILES string of the molecule is Cc1c(-c2ccncc2)nc2ccc(Cl)nn12. The number of hydrogen-bond acceptors (Lipinski definition) is 3. The van der Waals surface area contributed by atoms with Gasteiger partial charge in [-0.25, -0.2) is 9.50 Å². The lowest BCUT2D eigenvalue weighted by atomic mass is 10.2. The second kappa shape index (κ2) is 3.82. The minimum Gasteiger partial charge on any atom is -0.265 e. The molecule has 0 saturated carbocycles. The summed E-state index contributed by atoms with van der Waals surface area (Å²) in [5.41, 5.74) is 3.69. The Balaban J connectivity index is 2.28. The van der Waals surface area contributed by atoms with Gasteiger partial charge in [-0.2, -0.15) is 5.10 Å². The monoisotopic (exact) mass is 244 g/mol. The normalized spacial score (nSPS) is 10.9. The molecule has 84 valence electrons. The van der Waals surface area contributed by atoms with Crippen LogP contribution in [0.15, 0.2) is 36.7 Å². The van der Waals surface area contributed by atoms with E-state index in [-0.39, 0.29) is 0 Å². The van der Waals surface area contributed by atoms with E-state index in [0.29, 0.717) is 5.15 Å². The van der Waals surface area contributed by atoms with Crippen molar-refractivity contribution in [1.82, 2.24) is 19.6 Å². The second-order valence-corrected chi connectivity index (χ2v) is 4.10. The summed E-state index contributed by atoms with van der Waals surface area (Å²) in [4.78, 5) is 8.53. The van der Waals surface area contributed by atoms with Crippen LogP contribution >= 0.6 is 11.6 Å². The molecule has 4 nitrogen and oxygen atoms in total. The fraction of sp³-hybridized carbons (Fsp3) is 0.0833. The number of imidazole rings is 1. The highest BCUT2D eigenvalue weighted by Gasteiger charge is 2.10. The molecule has 0 aliphatic rings. The molecule has 0 aromatic carbocycles. The fourth-order valence-electron chi connectivity index (χ4n) is 1.80. The number of hydrogen-bond donors (Lipinski definition) is 0. The van der Waals surface area contributed by atoms with Gasteiger partial charge in [0.15, 0.2) is 5.65 Å². The number of aryl methyl sites for hydroxylation is 1. The van der Waals surface area contributed by atoms with E-state index in [1.807, 2.05) is 25.1 Å². The molecule has 0 aliphatic heterocycles. The second-order valence-electron chi connectivity index (χ2n) is 3.71. The van der Waals surface area contributed by atoms with Crippen molar-refractivity contribution in [1.29, 1.82) is 0 Å². The third kappa shape index (κ3) is 1.66. The molecular weight excluding hydrogens is 236 g/mol. The number of fused-ring (bicyclic) bond motifs is 1. The van der Waals surface area contributed by atoms with Crippen LogP contribution in [0.4, 0.5) is 0 Å². The zero-order valence-corrected chi connectivity index (χ0v) is 9.89. The van der Waals surface area contributed by atoms with Gasteiger partial charge in [-0.1, -0.05) is 11.6 Å². The Morgan fingerprint density at radius 1 is 1.12 bits per heavy atom. The summed E-state index contributed by atoms with van der Waals surface area (Å²) in [5.74, 6) is 0. The van der Waals surface area contributed by atoms with Crippen molar-refractivity contribution in [3.05, 3.63) is 47.5 Å². The molecule has 3 heterocycles.